The van der Waals surface area contributed by atoms with Crippen molar-refractivity contribution in [3.8, 4) is 11.5 Å². The summed E-state index contributed by atoms with van der Waals surface area (Å²) in [7, 11) is 1.58. The van der Waals surface area contributed by atoms with Crippen molar-refractivity contribution in [3.05, 3.63) is 83.5 Å². The number of carbonyl (C=O) groups excluding carboxylic acids is 2. The van der Waals surface area contributed by atoms with E-state index in [1.165, 1.54) is 18.2 Å². The number of likely N-dealkylation sites (N-methyl/N-ethyl adjacent to an activating group) is 1. The summed E-state index contributed by atoms with van der Waals surface area (Å²) in [5.41, 5.74) is 3.04. The van der Waals surface area contributed by atoms with E-state index in [4.69, 9.17) is 0 Å². The van der Waals surface area contributed by atoms with E-state index < -0.39 is 5.41 Å². The molecule has 34 heavy (non-hydrogen) atoms. The molecule has 6 nitrogen and oxygen atoms in total. The molecule has 0 spiro atoms. The van der Waals surface area contributed by atoms with Crippen LogP contribution < -0.4 is 10.6 Å². The summed E-state index contributed by atoms with van der Waals surface area (Å²) < 4.78 is 0. The van der Waals surface area contributed by atoms with Gasteiger partial charge >= 0.3 is 0 Å². The lowest BCUT2D eigenvalue weighted by molar-refractivity contribution is -0.124. The number of carbonyl (C=O) groups is 2. The molecule has 1 aromatic rings. The fourth-order valence-corrected chi connectivity index (χ4v) is 4.30. The number of benzene rings is 1. The van der Waals surface area contributed by atoms with E-state index in [0.29, 0.717) is 24.8 Å². The second-order valence-corrected chi connectivity index (χ2v) is 9.87. The second kappa shape index (κ2) is 9.75. The maximum Gasteiger partial charge on any atom is 0.243 e. The number of amides is 2. The minimum absolute atomic E-state index is 0.0885. The van der Waals surface area contributed by atoms with Crippen molar-refractivity contribution in [2.75, 3.05) is 7.05 Å². The van der Waals surface area contributed by atoms with Crippen LogP contribution in [0, 0.1) is 5.41 Å². The van der Waals surface area contributed by atoms with Crippen LogP contribution in [-0.4, -0.2) is 35.1 Å². The predicted molar refractivity (Wildman–Crippen MR) is 134 cm³/mol. The van der Waals surface area contributed by atoms with Gasteiger partial charge in [0.25, 0.3) is 0 Å². The average molecular weight is 463 g/mol. The Morgan fingerprint density at radius 2 is 1.88 bits per heavy atom. The number of hydrogen-bond acceptors (Lipinski definition) is 4. The molecule has 6 heteroatoms. The van der Waals surface area contributed by atoms with Gasteiger partial charge in [0.2, 0.25) is 11.8 Å². The van der Waals surface area contributed by atoms with Crippen LogP contribution in [0.2, 0.25) is 0 Å². The van der Waals surface area contributed by atoms with Crippen LogP contribution >= 0.6 is 0 Å². The highest BCUT2D eigenvalue weighted by molar-refractivity contribution is 5.92. The van der Waals surface area contributed by atoms with Gasteiger partial charge in [0.05, 0.1) is 11.5 Å². The molecule has 1 fully saturated rings. The highest BCUT2D eigenvalue weighted by atomic mass is 16.3. The van der Waals surface area contributed by atoms with Gasteiger partial charge in [0, 0.05) is 13.1 Å². The Balaban J connectivity index is 1.84. The predicted octanol–water partition coefficient (Wildman–Crippen LogP) is 4.33. The molecule has 1 saturated carbocycles. The Hall–Kier alpha value is -3.54. The lowest BCUT2D eigenvalue weighted by atomic mass is 9.76. The van der Waals surface area contributed by atoms with E-state index in [1.807, 2.05) is 12.2 Å². The Morgan fingerprint density at radius 3 is 2.44 bits per heavy atom. The van der Waals surface area contributed by atoms with Gasteiger partial charge in [-0.3, -0.25) is 9.59 Å². The Bertz CT molecular complexity index is 1110. The number of phenolic OH excluding ortho intramolecular Hbond substituents is 2. The van der Waals surface area contributed by atoms with E-state index in [0.717, 1.165) is 16.7 Å². The summed E-state index contributed by atoms with van der Waals surface area (Å²) >= 11 is 0. The van der Waals surface area contributed by atoms with Gasteiger partial charge in [-0.2, -0.15) is 0 Å². The minimum atomic E-state index is -0.680. The van der Waals surface area contributed by atoms with E-state index in [-0.39, 0.29) is 34.8 Å². The van der Waals surface area contributed by atoms with Crippen LogP contribution in [0.15, 0.2) is 78.0 Å². The van der Waals surface area contributed by atoms with Crippen molar-refractivity contribution >= 4 is 11.8 Å². The molecule has 0 radical (unpaired) electrons. The first-order chi connectivity index (χ1) is 16.0. The number of rotatable bonds is 7. The first kappa shape index (κ1) is 25.1. The lowest BCUT2D eigenvalue weighted by Crippen LogP contribution is -2.42. The van der Waals surface area contributed by atoms with Crippen LogP contribution in [0.1, 0.15) is 45.6 Å². The zero-order chi connectivity index (χ0) is 25.1. The Morgan fingerprint density at radius 1 is 1.18 bits per heavy atom. The third-order valence-corrected chi connectivity index (χ3v) is 6.42. The van der Waals surface area contributed by atoms with Gasteiger partial charge in [-0.1, -0.05) is 63.8 Å². The zero-order valence-electron chi connectivity index (χ0n) is 20.3. The van der Waals surface area contributed by atoms with E-state index in [2.05, 4.69) is 44.1 Å². The van der Waals surface area contributed by atoms with Gasteiger partial charge < -0.3 is 20.8 Å². The SMILES string of the molecule is C=C/C(=C\C=C\C(=O)NC)C1=C(C(C)(C)C)C=CC(NC(=O)C2(c3ccc(O)c(O)c3)CC2)C1. The molecular formula is C28H34N2O4. The van der Waals surface area contributed by atoms with Gasteiger partial charge in [0.1, 0.15) is 0 Å². The van der Waals surface area contributed by atoms with Crippen LogP contribution in [0.3, 0.4) is 0 Å². The molecule has 4 N–H and O–H groups in total. The topological polar surface area (TPSA) is 98.7 Å². The molecule has 180 valence electrons. The normalized spacial score (nSPS) is 19.8. The largest absolute Gasteiger partial charge is 0.504 e. The van der Waals surface area contributed by atoms with Gasteiger partial charge in [-0.15, -0.1) is 0 Å². The molecule has 2 amide bonds. The average Bonchev–Trinajstić information content (AvgIpc) is 3.60. The van der Waals surface area contributed by atoms with E-state index in [1.54, 1.807) is 25.3 Å². The van der Waals surface area contributed by atoms with Gasteiger partial charge in [-0.05, 0) is 59.1 Å². The summed E-state index contributed by atoms with van der Waals surface area (Å²) in [4.78, 5) is 24.9. The molecule has 2 aliphatic rings. The fourth-order valence-electron chi connectivity index (χ4n) is 4.30. The molecule has 1 atom stereocenters. The molecular weight excluding hydrogens is 428 g/mol. The molecule has 2 aliphatic carbocycles. The third-order valence-electron chi connectivity index (χ3n) is 6.42. The summed E-state index contributed by atoms with van der Waals surface area (Å²) in [6, 6.07) is 4.38. The minimum Gasteiger partial charge on any atom is -0.504 e. The number of phenols is 2. The number of aromatic hydroxyl groups is 2. The van der Waals surface area contributed by atoms with Crippen molar-refractivity contribution < 1.29 is 19.8 Å². The van der Waals surface area contributed by atoms with E-state index >= 15 is 0 Å². The lowest BCUT2D eigenvalue weighted by Gasteiger charge is -2.31. The van der Waals surface area contributed by atoms with Crippen molar-refractivity contribution in [1.82, 2.24) is 10.6 Å². The summed E-state index contributed by atoms with van der Waals surface area (Å²) in [5.74, 6) is -0.698. The number of nitrogens with one attached hydrogen (secondary N) is 2. The Kier molecular flexibility index (Phi) is 7.20. The van der Waals surface area contributed by atoms with Crippen LogP contribution in [0.5, 0.6) is 11.5 Å². The molecule has 3 rings (SSSR count). The molecule has 0 heterocycles. The van der Waals surface area contributed by atoms with E-state index in [9.17, 15) is 19.8 Å². The van der Waals surface area contributed by atoms with Crippen LogP contribution in [0.4, 0.5) is 0 Å². The van der Waals surface area contributed by atoms with Crippen molar-refractivity contribution in [3.63, 3.8) is 0 Å². The molecule has 0 aromatic heterocycles. The van der Waals surface area contributed by atoms with Crippen molar-refractivity contribution in [2.24, 2.45) is 5.41 Å². The first-order valence-electron chi connectivity index (χ1n) is 11.5. The smallest absolute Gasteiger partial charge is 0.243 e. The third kappa shape index (κ3) is 5.33. The highest BCUT2D eigenvalue weighted by Crippen LogP contribution is 2.50. The number of allylic oxidation sites excluding steroid dienone is 6. The van der Waals surface area contributed by atoms with Crippen molar-refractivity contribution in [1.29, 1.82) is 0 Å². The fraction of sp³-hybridized carbons (Fsp3) is 0.357. The number of hydrogen-bond donors (Lipinski definition) is 4. The molecule has 1 aromatic carbocycles. The van der Waals surface area contributed by atoms with Crippen LogP contribution in [0.25, 0.3) is 0 Å². The van der Waals surface area contributed by atoms with Crippen molar-refractivity contribution in [2.45, 2.75) is 51.5 Å². The first-order valence-corrected chi connectivity index (χ1v) is 11.5. The van der Waals surface area contributed by atoms with Gasteiger partial charge in [0.15, 0.2) is 11.5 Å². The van der Waals surface area contributed by atoms with Gasteiger partial charge in [-0.25, -0.2) is 0 Å². The standard InChI is InChI=1S/C28H34N2O4/c1-6-18(8-7-9-25(33)29-5)21-17-20(11-12-22(21)27(2,3)4)30-26(34)28(14-15-28)19-10-13-23(31)24(32)16-19/h6-13,16,20,31-32H,1,14-15,17H2,2-5H3,(H,29,33)(H,30,34)/b9-7+,18-8+. The highest BCUT2D eigenvalue weighted by Gasteiger charge is 2.51. The maximum absolute atomic E-state index is 13.3. The summed E-state index contributed by atoms with van der Waals surface area (Å²) in [5, 5.41) is 25.3. The quantitative estimate of drug-likeness (QED) is 0.275. The monoisotopic (exact) mass is 462 g/mol. The summed E-state index contributed by atoms with van der Waals surface area (Å²) in [6.07, 6.45) is 12.9. The molecule has 0 bridgehead atoms. The van der Waals surface area contributed by atoms with Crippen LogP contribution in [-0.2, 0) is 15.0 Å². The molecule has 0 saturated heterocycles. The summed E-state index contributed by atoms with van der Waals surface area (Å²) in [6.45, 7) is 10.4. The molecule has 0 aliphatic heterocycles. The zero-order valence-corrected chi connectivity index (χ0v) is 20.3. The molecule has 1 unspecified atom stereocenters. The second-order valence-electron chi connectivity index (χ2n) is 9.87. The Labute approximate surface area is 201 Å². The maximum atomic E-state index is 13.3.